The molecule has 32 heavy (non-hydrogen) atoms. The Labute approximate surface area is 198 Å². The van der Waals surface area contributed by atoms with Crippen molar-refractivity contribution in [1.29, 1.82) is 0 Å². The van der Waals surface area contributed by atoms with Crippen LogP contribution in [0.3, 0.4) is 0 Å². The van der Waals surface area contributed by atoms with E-state index in [2.05, 4.69) is 26.3 Å². The predicted molar refractivity (Wildman–Crippen MR) is 147 cm³/mol. The predicted octanol–water partition coefficient (Wildman–Crippen LogP) is 10.5. The van der Waals surface area contributed by atoms with Crippen LogP contribution in [-0.2, 0) is 0 Å². The molecule has 2 aromatic carbocycles. The number of hydrogen-bond donors (Lipinski definition) is 0. The van der Waals surface area contributed by atoms with Gasteiger partial charge in [-0.15, -0.1) is 26.3 Å². The van der Waals surface area contributed by atoms with Crippen LogP contribution in [0.25, 0.3) is 22.5 Å². The van der Waals surface area contributed by atoms with Crippen LogP contribution >= 0.6 is 0 Å². The van der Waals surface area contributed by atoms with Crippen LogP contribution in [0.5, 0.6) is 0 Å². The lowest BCUT2D eigenvalue weighted by Crippen LogP contribution is -1.94. The molecule has 1 nitrogen and oxygen atoms in total. The Balaban J connectivity index is -0.000000744. The van der Waals surface area contributed by atoms with E-state index in [-0.39, 0.29) is 0 Å². The molecule has 0 amide bonds. The van der Waals surface area contributed by atoms with E-state index in [1.165, 1.54) is 0 Å². The Kier molecular flexibility index (Phi) is 21.2. The Morgan fingerprint density at radius 3 is 1.03 bits per heavy atom. The molecule has 1 heterocycles. The van der Waals surface area contributed by atoms with Crippen molar-refractivity contribution in [1.82, 2.24) is 4.79 Å². The van der Waals surface area contributed by atoms with E-state index in [0.29, 0.717) is 11.4 Å². The molecule has 0 fully saturated rings. The van der Waals surface area contributed by atoms with Gasteiger partial charge in [-0.05, 0) is 49.9 Å². The third-order valence-corrected chi connectivity index (χ3v) is 4.47. The van der Waals surface area contributed by atoms with Crippen LogP contribution in [-0.4, -0.2) is 4.79 Å². The molecule has 1 aromatic heterocycles. The van der Waals surface area contributed by atoms with Crippen LogP contribution in [0.1, 0.15) is 63.8 Å². The molecule has 0 radical (unpaired) electrons. The van der Waals surface area contributed by atoms with Gasteiger partial charge in [0.1, 0.15) is 0 Å². The van der Waals surface area contributed by atoms with E-state index in [0.717, 1.165) is 38.2 Å². The summed E-state index contributed by atoms with van der Waals surface area (Å²) in [6.45, 7) is 32.0. The van der Waals surface area contributed by atoms with Gasteiger partial charge in [0.25, 0.3) is 0 Å². The highest BCUT2D eigenvalue weighted by molar-refractivity contribution is 5.78. The number of aromatic nitrogens is 1. The number of hydrogen-bond acceptors (Lipinski definition) is 0. The highest BCUT2D eigenvalue weighted by Crippen LogP contribution is 2.38. The van der Waals surface area contributed by atoms with E-state index in [1.807, 2.05) is 118 Å². The second-order valence-corrected chi connectivity index (χ2v) is 5.86. The number of rotatable bonds is 2. The molecule has 0 atom stereocenters. The number of benzene rings is 2. The summed E-state index contributed by atoms with van der Waals surface area (Å²) in [4.78, 5) is 0.856. The lowest BCUT2D eigenvalue weighted by atomic mass is 10.00. The summed E-state index contributed by atoms with van der Waals surface area (Å²) in [6, 6.07) is 15.9. The summed E-state index contributed by atoms with van der Waals surface area (Å²) in [6.07, 6.45) is 0. The van der Waals surface area contributed by atoms with Crippen LogP contribution in [0, 0.1) is 27.7 Å². The van der Waals surface area contributed by atoms with Crippen LogP contribution in [0.2, 0.25) is 0 Å². The molecule has 0 saturated carbocycles. The average molecular weight is 440 g/mol. The Bertz CT molecular complexity index is 804. The molecule has 2 heteroatoms. The molecule has 0 saturated heterocycles. The minimum Gasteiger partial charge on any atom is -0.178 e. The maximum absolute atomic E-state index is 15.2. The van der Waals surface area contributed by atoms with Crippen molar-refractivity contribution in [2.45, 2.75) is 69.2 Å². The molecule has 0 aliphatic heterocycles. The van der Waals surface area contributed by atoms with Crippen molar-refractivity contribution >= 4 is 0 Å². The summed E-state index contributed by atoms with van der Waals surface area (Å²) in [5, 5.41) is 0. The molecule has 0 unspecified atom stereocenters. The summed E-state index contributed by atoms with van der Waals surface area (Å²) in [7, 11) is 0. The lowest BCUT2D eigenvalue weighted by Gasteiger charge is -2.09. The Hall–Kier alpha value is -2.87. The highest BCUT2D eigenvalue weighted by atomic mass is 19.2. The standard InChI is InChI=1S/C20H20FN.3C2H6.2C2H4/c1-13-9-5-7-11-17(13)19-15(3)16(4)20(22(19)21)18-12-8-6-10-14(18)2;5*1-2/h5-12H,1-4H3;3*1-2H3;2*1-2H2. The summed E-state index contributed by atoms with van der Waals surface area (Å²) >= 11 is 0. The third kappa shape index (κ3) is 8.34. The monoisotopic (exact) mass is 439 g/mol. The van der Waals surface area contributed by atoms with Crippen molar-refractivity contribution < 1.29 is 4.48 Å². The van der Waals surface area contributed by atoms with E-state index in [4.69, 9.17) is 0 Å². The fraction of sp³-hybridized carbons (Fsp3) is 0.333. The second-order valence-electron chi connectivity index (χ2n) is 5.86. The van der Waals surface area contributed by atoms with Gasteiger partial charge in [-0.25, -0.2) is 0 Å². The van der Waals surface area contributed by atoms with Crippen LogP contribution < -0.4 is 0 Å². The van der Waals surface area contributed by atoms with Gasteiger partial charge in [-0.2, -0.15) is 4.79 Å². The number of halogens is 1. The van der Waals surface area contributed by atoms with Crippen molar-refractivity contribution in [3.05, 3.63) is 97.1 Å². The first-order valence-electron chi connectivity index (χ1n) is 11.5. The number of nitrogens with zero attached hydrogens (tertiary/aromatic N) is 1. The molecular weight excluding hydrogens is 393 g/mol. The fourth-order valence-corrected chi connectivity index (χ4v) is 3.05. The molecule has 0 aliphatic rings. The van der Waals surface area contributed by atoms with Crippen molar-refractivity contribution in [3.8, 4) is 22.5 Å². The summed E-state index contributed by atoms with van der Waals surface area (Å²) < 4.78 is 15.2. The highest BCUT2D eigenvalue weighted by Gasteiger charge is 2.21. The van der Waals surface area contributed by atoms with Crippen LogP contribution in [0.4, 0.5) is 4.48 Å². The first-order valence-corrected chi connectivity index (χ1v) is 11.5. The third-order valence-electron chi connectivity index (χ3n) is 4.47. The largest absolute Gasteiger partial charge is 0.178 e. The van der Waals surface area contributed by atoms with E-state index < -0.39 is 0 Å². The van der Waals surface area contributed by atoms with Gasteiger partial charge >= 0.3 is 0 Å². The number of aryl methyl sites for hydroxylation is 2. The first-order chi connectivity index (χ1) is 15.5. The van der Waals surface area contributed by atoms with Gasteiger partial charge in [0.2, 0.25) is 0 Å². The minimum absolute atomic E-state index is 0.661. The van der Waals surface area contributed by atoms with E-state index in [9.17, 15) is 0 Å². The molecule has 178 valence electrons. The topological polar surface area (TPSA) is 4.93 Å². The summed E-state index contributed by atoms with van der Waals surface area (Å²) in [5.74, 6) is 0. The average Bonchev–Trinajstić information content (AvgIpc) is 3.09. The normalized spacial score (nSPS) is 8.34. The maximum Gasteiger partial charge on any atom is 0.0854 e. The molecule has 0 bridgehead atoms. The molecule has 0 aliphatic carbocycles. The minimum atomic E-state index is 0.661. The molecular formula is C30H46FN. The second kappa shape index (κ2) is 20.1. The van der Waals surface area contributed by atoms with Gasteiger partial charge < -0.3 is 0 Å². The quantitative estimate of drug-likeness (QED) is 0.350. The van der Waals surface area contributed by atoms with Gasteiger partial charge in [-0.3, -0.25) is 0 Å². The Morgan fingerprint density at radius 1 is 0.531 bits per heavy atom. The Morgan fingerprint density at radius 2 is 0.781 bits per heavy atom. The van der Waals surface area contributed by atoms with E-state index in [1.54, 1.807) is 0 Å². The van der Waals surface area contributed by atoms with Gasteiger partial charge in [0, 0.05) is 11.1 Å². The SMILES string of the molecule is C=C.C=C.CC.CC.CC.Cc1ccccc1-c1c(C)c(C)c(-c2ccccc2C)n1F. The van der Waals surface area contributed by atoms with Crippen LogP contribution in [0.15, 0.2) is 74.8 Å². The lowest BCUT2D eigenvalue weighted by molar-refractivity contribution is 0.382. The zero-order valence-electron chi connectivity index (χ0n) is 22.3. The zero-order valence-corrected chi connectivity index (χ0v) is 22.3. The fourth-order valence-electron chi connectivity index (χ4n) is 3.05. The zero-order chi connectivity index (χ0) is 25.9. The van der Waals surface area contributed by atoms with Gasteiger partial charge in [-0.1, -0.05) is 94.6 Å². The molecule has 3 rings (SSSR count). The van der Waals surface area contributed by atoms with Crippen molar-refractivity contribution in [2.24, 2.45) is 0 Å². The summed E-state index contributed by atoms with van der Waals surface area (Å²) in [5.41, 5.74) is 7.38. The van der Waals surface area contributed by atoms with Crippen molar-refractivity contribution in [3.63, 3.8) is 0 Å². The van der Waals surface area contributed by atoms with Gasteiger partial charge in [0.05, 0.1) is 11.4 Å². The van der Waals surface area contributed by atoms with Crippen molar-refractivity contribution in [2.75, 3.05) is 0 Å². The smallest absolute Gasteiger partial charge is 0.0854 e. The van der Waals surface area contributed by atoms with E-state index >= 15 is 4.48 Å². The first kappa shape index (κ1) is 33.8. The molecule has 3 aromatic rings. The maximum atomic E-state index is 15.2. The van der Waals surface area contributed by atoms with Gasteiger partial charge in [0.15, 0.2) is 0 Å². The molecule has 0 N–H and O–H groups in total. The molecule has 0 spiro atoms.